The summed E-state index contributed by atoms with van der Waals surface area (Å²) in [7, 11) is 0. The molecule has 1 heterocycles. The Kier molecular flexibility index (Phi) is 5.19. The molecule has 1 aliphatic carbocycles. The number of carbonyl (C=O) groups excluding carboxylic acids is 1. The van der Waals surface area contributed by atoms with Gasteiger partial charge in [-0.15, -0.1) is 0 Å². The van der Waals surface area contributed by atoms with Crippen LogP contribution in [0.4, 0.5) is 4.79 Å². The van der Waals surface area contributed by atoms with Crippen LogP contribution >= 0.6 is 0 Å². The zero-order valence-corrected chi connectivity index (χ0v) is 11.6. The number of hydrogen-bond donors (Lipinski definition) is 3. The quantitative estimate of drug-likeness (QED) is 0.615. The third-order valence-electron chi connectivity index (χ3n) is 3.85. The lowest BCUT2D eigenvalue weighted by molar-refractivity contribution is -0.146. The highest BCUT2D eigenvalue weighted by Crippen LogP contribution is 2.29. The zero-order chi connectivity index (χ0) is 14.5. The van der Waals surface area contributed by atoms with Gasteiger partial charge in [-0.2, -0.15) is 0 Å². The summed E-state index contributed by atoms with van der Waals surface area (Å²) in [5, 5.41) is 20.3. The van der Waals surface area contributed by atoms with Crippen molar-refractivity contribution in [1.82, 2.24) is 15.1 Å². The highest BCUT2D eigenvalue weighted by atomic mass is 16.4. The summed E-state index contributed by atoms with van der Waals surface area (Å²) in [6, 6.07) is -0.173. The zero-order valence-electron chi connectivity index (χ0n) is 11.6. The van der Waals surface area contributed by atoms with E-state index in [0.717, 1.165) is 25.6 Å². The van der Waals surface area contributed by atoms with Crippen LogP contribution in [0.25, 0.3) is 0 Å². The highest BCUT2D eigenvalue weighted by Gasteiger charge is 2.27. The van der Waals surface area contributed by atoms with Crippen molar-refractivity contribution in [3.8, 4) is 0 Å². The molecule has 2 amide bonds. The lowest BCUT2D eigenvalue weighted by atomic mass is 10.2. The van der Waals surface area contributed by atoms with Crippen molar-refractivity contribution in [2.75, 3.05) is 39.3 Å². The normalized spacial score (nSPS) is 21.6. The van der Waals surface area contributed by atoms with E-state index < -0.39 is 12.1 Å². The number of rotatable bonds is 6. The van der Waals surface area contributed by atoms with E-state index >= 15 is 0 Å². The average Bonchev–Trinajstić information content (AvgIpc) is 3.23. The molecule has 0 spiro atoms. The monoisotopic (exact) mass is 285 g/mol. The van der Waals surface area contributed by atoms with Crippen LogP contribution in [0, 0.1) is 5.92 Å². The van der Waals surface area contributed by atoms with Crippen molar-refractivity contribution >= 4 is 12.0 Å². The number of aliphatic carboxylic acids is 1. The maximum absolute atomic E-state index is 11.9. The van der Waals surface area contributed by atoms with Gasteiger partial charge in [-0.05, 0) is 18.8 Å². The topological polar surface area (TPSA) is 93.1 Å². The first-order valence-electron chi connectivity index (χ1n) is 7.22. The van der Waals surface area contributed by atoms with Crippen LogP contribution in [0.15, 0.2) is 0 Å². The summed E-state index contributed by atoms with van der Waals surface area (Å²) in [6.45, 7) is 4.55. The Morgan fingerprint density at radius 3 is 2.40 bits per heavy atom. The van der Waals surface area contributed by atoms with E-state index in [2.05, 4.69) is 10.2 Å². The molecule has 1 saturated carbocycles. The fourth-order valence-corrected chi connectivity index (χ4v) is 2.35. The highest BCUT2D eigenvalue weighted by molar-refractivity contribution is 5.74. The SMILES string of the molecule is O=C(O)[C@@H](O)CCNC(=O)N1CCN(CC2CC2)CC1. The maximum Gasteiger partial charge on any atom is 0.332 e. The molecular formula is C13H23N3O4. The second-order valence-electron chi connectivity index (χ2n) is 5.61. The van der Waals surface area contributed by atoms with Crippen LogP contribution in [0.3, 0.4) is 0 Å². The average molecular weight is 285 g/mol. The number of aliphatic hydroxyl groups is 1. The van der Waals surface area contributed by atoms with Gasteiger partial charge in [-0.25, -0.2) is 9.59 Å². The van der Waals surface area contributed by atoms with E-state index in [1.54, 1.807) is 4.90 Å². The number of piperazine rings is 1. The maximum atomic E-state index is 11.9. The van der Waals surface area contributed by atoms with E-state index in [4.69, 9.17) is 10.2 Å². The minimum absolute atomic E-state index is 0.0305. The molecule has 2 aliphatic rings. The predicted molar refractivity (Wildman–Crippen MR) is 72.4 cm³/mol. The van der Waals surface area contributed by atoms with Crippen LogP contribution in [0.2, 0.25) is 0 Å². The molecule has 20 heavy (non-hydrogen) atoms. The number of carboxylic acid groups (broad SMARTS) is 1. The van der Waals surface area contributed by atoms with E-state index in [0.29, 0.717) is 13.1 Å². The summed E-state index contributed by atoms with van der Waals surface area (Å²) >= 11 is 0. The first kappa shape index (κ1) is 15.1. The molecule has 2 rings (SSSR count). The molecule has 0 unspecified atom stereocenters. The molecule has 0 bridgehead atoms. The van der Waals surface area contributed by atoms with Gasteiger partial charge >= 0.3 is 12.0 Å². The largest absolute Gasteiger partial charge is 0.479 e. The number of carboxylic acids is 1. The number of urea groups is 1. The van der Waals surface area contributed by atoms with Gasteiger partial charge in [0.2, 0.25) is 0 Å². The molecule has 7 nitrogen and oxygen atoms in total. The van der Waals surface area contributed by atoms with Gasteiger partial charge in [-0.1, -0.05) is 0 Å². The van der Waals surface area contributed by atoms with Crippen LogP contribution < -0.4 is 5.32 Å². The molecular weight excluding hydrogens is 262 g/mol. The van der Waals surface area contributed by atoms with Gasteiger partial charge in [0.05, 0.1) is 0 Å². The van der Waals surface area contributed by atoms with Crippen LogP contribution in [0.1, 0.15) is 19.3 Å². The third kappa shape index (κ3) is 4.64. The Bertz CT molecular complexity index is 352. The van der Waals surface area contributed by atoms with Crippen LogP contribution in [0.5, 0.6) is 0 Å². The van der Waals surface area contributed by atoms with Crippen molar-refractivity contribution in [3.63, 3.8) is 0 Å². The van der Waals surface area contributed by atoms with Gasteiger partial charge in [0.25, 0.3) is 0 Å². The lowest BCUT2D eigenvalue weighted by Crippen LogP contribution is -2.52. The van der Waals surface area contributed by atoms with Gasteiger partial charge in [-0.3, -0.25) is 4.90 Å². The molecule has 1 aliphatic heterocycles. The Labute approximate surface area is 118 Å². The number of hydrogen-bond acceptors (Lipinski definition) is 4. The van der Waals surface area contributed by atoms with Crippen molar-refractivity contribution in [2.45, 2.75) is 25.4 Å². The molecule has 0 aromatic carbocycles. The Balaban J connectivity index is 1.60. The smallest absolute Gasteiger partial charge is 0.332 e. The molecule has 3 N–H and O–H groups in total. The molecule has 2 fully saturated rings. The van der Waals surface area contributed by atoms with Gasteiger partial charge < -0.3 is 20.4 Å². The van der Waals surface area contributed by atoms with Crippen LogP contribution in [-0.4, -0.2) is 77.4 Å². The summed E-state index contributed by atoms with van der Waals surface area (Å²) in [4.78, 5) is 26.4. The van der Waals surface area contributed by atoms with Gasteiger partial charge in [0, 0.05) is 45.7 Å². The summed E-state index contributed by atoms with van der Waals surface area (Å²) < 4.78 is 0. The molecule has 1 saturated heterocycles. The third-order valence-corrected chi connectivity index (χ3v) is 3.85. The van der Waals surface area contributed by atoms with E-state index in [1.165, 1.54) is 12.8 Å². The van der Waals surface area contributed by atoms with Gasteiger partial charge in [0.1, 0.15) is 0 Å². The van der Waals surface area contributed by atoms with Crippen molar-refractivity contribution in [3.05, 3.63) is 0 Å². The molecule has 0 aromatic rings. The van der Waals surface area contributed by atoms with Crippen molar-refractivity contribution in [1.29, 1.82) is 0 Å². The Morgan fingerprint density at radius 2 is 1.85 bits per heavy atom. The molecule has 7 heteroatoms. The van der Waals surface area contributed by atoms with E-state index in [1.807, 2.05) is 0 Å². The number of nitrogens with zero attached hydrogens (tertiary/aromatic N) is 2. The summed E-state index contributed by atoms with van der Waals surface area (Å²) in [5.74, 6) is -0.388. The molecule has 1 atom stereocenters. The second kappa shape index (κ2) is 6.90. The fourth-order valence-electron chi connectivity index (χ4n) is 2.35. The first-order chi connectivity index (χ1) is 9.56. The summed E-state index contributed by atoms with van der Waals surface area (Å²) in [6.07, 6.45) is 1.30. The predicted octanol–water partition coefficient (Wildman–Crippen LogP) is -0.441. The van der Waals surface area contributed by atoms with Crippen LogP contribution in [-0.2, 0) is 4.79 Å². The van der Waals surface area contributed by atoms with Gasteiger partial charge in [0.15, 0.2) is 6.10 Å². The standard InChI is InChI=1S/C13H23N3O4/c17-11(12(18)19)3-4-14-13(20)16-7-5-15(6-8-16)9-10-1-2-10/h10-11,17H,1-9H2,(H,14,20)(H,18,19)/t11-/m0/s1. The minimum atomic E-state index is -1.41. The Morgan fingerprint density at radius 1 is 1.20 bits per heavy atom. The summed E-state index contributed by atoms with van der Waals surface area (Å²) in [5.41, 5.74) is 0. The molecule has 0 radical (unpaired) electrons. The van der Waals surface area contributed by atoms with Crippen molar-refractivity contribution in [2.24, 2.45) is 5.92 Å². The molecule has 114 valence electrons. The number of nitrogens with one attached hydrogen (secondary N) is 1. The second-order valence-corrected chi connectivity index (χ2v) is 5.61. The fraction of sp³-hybridized carbons (Fsp3) is 0.846. The first-order valence-corrected chi connectivity index (χ1v) is 7.22. The Hall–Kier alpha value is -1.34. The number of carbonyl (C=O) groups is 2. The van der Waals surface area contributed by atoms with E-state index in [-0.39, 0.29) is 19.0 Å². The minimum Gasteiger partial charge on any atom is -0.479 e. The van der Waals surface area contributed by atoms with E-state index in [9.17, 15) is 9.59 Å². The van der Waals surface area contributed by atoms with Crippen molar-refractivity contribution < 1.29 is 19.8 Å². The lowest BCUT2D eigenvalue weighted by Gasteiger charge is -2.34. The molecule has 0 aromatic heterocycles. The number of amides is 2. The number of aliphatic hydroxyl groups excluding tert-OH is 1.